The van der Waals surface area contributed by atoms with E-state index in [4.69, 9.17) is 4.74 Å². The van der Waals surface area contributed by atoms with E-state index in [-0.39, 0.29) is 17.1 Å². The molecular formula is C17H20N2O5S. The quantitative estimate of drug-likeness (QED) is 0.419. The number of nitro benzene ring substituents is 1. The Kier molecular flexibility index (Phi) is 6.63. The third kappa shape index (κ3) is 5.63. The highest BCUT2D eigenvalue weighted by molar-refractivity contribution is 7.89. The lowest BCUT2D eigenvalue weighted by molar-refractivity contribution is -0.385. The van der Waals surface area contributed by atoms with Gasteiger partial charge in [-0.2, -0.15) is 0 Å². The van der Waals surface area contributed by atoms with Gasteiger partial charge in [0.05, 0.1) is 16.4 Å². The van der Waals surface area contributed by atoms with Crippen LogP contribution in [0.25, 0.3) is 0 Å². The zero-order valence-electron chi connectivity index (χ0n) is 13.8. The second kappa shape index (κ2) is 8.70. The molecule has 0 radical (unpaired) electrons. The standard InChI is InChI=1S/C17H20N2O5S/c1-14-8-9-16(12-17(14)19(20)21)25(22,23)18-10-5-11-24-13-15-6-3-2-4-7-15/h2-4,6-9,12,18H,5,10-11,13H2,1H3. The first-order valence-electron chi connectivity index (χ1n) is 7.76. The fraction of sp³-hybridized carbons (Fsp3) is 0.294. The number of hydrogen-bond donors (Lipinski definition) is 1. The Balaban J connectivity index is 1.81. The van der Waals surface area contributed by atoms with Gasteiger partial charge in [0.15, 0.2) is 0 Å². The summed E-state index contributed by atoms with van der Waals surface area (Å²) in [4.78, 5) is 10.2. The van der Waals surface area contributed by atoms with Gasteiger partial charge >= 0.3 is 0 Å². The second-order valence-corrected chi connectivity index (χ2v) is 7.26. The maximum atomic E-state index is 12.2. The predicted octanol–water partition coefficient (Wildman–Crippen LogP) is 2.79. The van der Waals surface area contributed by atoms with Gasteiger partial charge in [-0.15, -0.1) is 0 Å². The van der Waals surface area contributed by atoms with Crippen LogP contribution in [0.4, 0.5) is 5.69 Å². The molecule has 0 atom stereocenters. The average molecular weight is 364 g/mol. The smallest absolute Gasteiger partial charge is 0.273 e. The number of benzene rings is 2. The lowest BCUT2D eigenvalue weighted by Crippen LogP contribution is -2.25. The van der Waals surface area contributed by atoms with Gasteiger partial charge in [0.25, 0.3) is 5.69 Å². The fourth-order valence-electron chi connectivity index (χ4n) is 2.18. The van der Waals surface area contributed by atoms with Gasteiger partial charge in [-0.3, -0.25) is 10.1 Å². The van der Waals surface area contributed by atoms with Crippen LogP contribution in [0.5, 0.6) is 0 Å². The summed E-state index contributed by atoms with van der Waals surface area (Å²) in [5, 5.41) is 10.9. The molecule has 2 rings (SSSR count). The lowest BCUT2D eigenvalue weighted by Gasteiger charge is -2.08. The normalized spacial score (nSPS) is 11.4. The third-order valence-electron chi connectivity index (χ3n) is 3.56. The molecule has 0 aliphatic rings. The Hall–Kier alpha value is -2.29. The van der Waals surface area contributed by atoms with E-state index in [0.29, 0.717) is 25.2 Å². The van der Waals surface area contributed by atoms with Crippen LogP contribution < -0.4 is 4.72 Å². The van der Waals surface area contributed by atoms with Crippen molar-refractivity contribution in [2.75, 3.05) is 13.2 Å². The molecule has 0 aromatic heterocycles. The Morgan fingerprint density at radius 1 is 1.16 bits per heavy atom. The molecular weight excluding hydrogens is 344 g/mol. The van der Waals surface area contributed by atoms with Crippen molar-refractivity contribution in [1.82, 2.24) is 4.72 Å². The number of nitro groups is 1. The molecule has 0 bridgehead atoms. The van der Waals surface area contributed by atoms with Crippen molar-refractivity contribution in [1.29, 1.82) is 0 Å². The highest BCUT2D eigenvalue weighted by Gasteiger charge is 2.19. The SMILES string of the molecule is Cc1ccc(S(=O)(=O)NCCCOCc2ccccc2)cc1[N+](=O)[O-]. The van der Waals surface area contributed by atoms with Crippen molar-refractivity contribution >= 4 is 15.7 Å². The van der Waals surface area contributed by atoms with Crippen LogP contribution in [-0.4, -0.2) is 26.5 Å². The second-order valence-electron chi connectivity index (χ2n) is 5.49. The molecule has 134 valence electrons. The number of hydrogen-bond acceptors (Lipinski definition) is 5. The van der Waals surface area contributed by atoms with Crippen LogP contribution >= 0.6 is 0 Å². The highest BCUT2D eigenvalue weighted by atomic mass is 32.2. The molecule has 0 amide bonds. The van der Waals surface area contributed by atoms with E-state index >= 15 is 0 Å². The molecule has 1 N–H and O–H groups in total. The van der Waals surface area contributed by atoms with Crippen LogP contribution in [0.1, 0.15) is 17.5 Å². The van der Waals surface area contributed by atoms with Crippen LogP contribution in [0, 0.1) is 17.0 Å². The minimum absolute atomic E-state index is 0.116. The molecule has 2 aromatic carbocycles. The van der Waals surface area contributed by atoms with Gasteiger partial charge in [-0.05, 0) is 25.0 Å². The Bertz CT molecular complexity index is 822. The van der Waals surface area contributed by atoms with Gasteiger partial charge < -0.3 is 4.74 Å². The molecule has 0 saturated heterocycles. The number of nitrogens with one attached hydrogen (secondary N) is 1. The summed E-state index contributed by atoms with van der Waals surface area (Å²) < 4.78 is 32.3. The number of nitrogens with zero attached hydrogens (tertiary/aromatic N) is 1. The summed E-state index contributed by atoms with van der Waals surface area (Å²) in [7, 11) is -3.78. The highest BCUT2D eigenvalue weighted by Crippen LogP contribution is 2.21. The van der Waals surface area contributed by atoms with Crippen molar-refractivity contribution in [3.63, 3.8) is 0 Å². The average Bonchev–Trinajstić information content (AvgIpc) is 2.58. The van der Waals surface area contributed by atoms with Crippen LogP contribution in [0.15, 0.2) is 53.4 Å². The molecule has 0 aliphatic carbocycles. The molecule has 0 heterocycles. The van der Waals surface area contributed by atoms with Gasteiger partial charge in [0.1, 0.15) is 0 Å². The topological polar surface area (TPSA) is 98.5 Å². The summed E-state index contributed by atoms with van der Waals surface area (Å²) in [6.07, 6.45) is 0.500. The van der Waals surface area contributed by atoms with Gasteiger partial charge in [-0.25, -0.2) is 13.1 Å². The first-order chi connectivity index (χ1) is 11.9. The van der Waals surface area contributed by atoms with Gasteiger partial charge in [-0.1, -0.05) is 36.4 Å². The maximum Gasteiger partial charge on any atom is 0.273 e. The molecule has 0 saturated carbocycles. The summed E-state index contributed by atoms with van der Waals surface area (Å²) >= 11 is 0. The van der Waals surface area contributed by atoms with E-state index in [9.17, 15) is 18.5 Å². The zero-order chi connectivity index (χ0) is 18.3. The van der Waals surface area contributed by atoms with Crippen LogP contribution in [-0.2, 0) is 21.4 Å². The molecule has 0 unspecified atom stereocenters. The zero-order valence-corrected chi connectivity index (χ0v) is 14.7. The van der Waals surface area contributed by atoms with E-state index < -0.39 is 14.9 Å². The van der Waals surface area contributed by atoms with E-state index in [1.54, 1.807) is 6.92 Å². The summed E-state index contributed by atoms with van der Waals surface area (Å²) in [5.74, 6) is 0. The van der Waals surface area contributed by atoms with Gasteiger partial charge in [0.2, 0.25) is 10.0 Å². The first kappa shape index (κ1) is 19.0. The number of ether oxygens (including phenoxy) is 1. The van der Waals surface area contributed by atoms with E-state index in [1.165, 1.54) is 12.1 Å². The first-order valence-corrected chi connectivity index (χ1v) is 9.25. The summed E-state index contributed by atoms with van der Waals surface area (Å²) in [6.45, 7) is 2.63. The van der Waals surface area contributed by atoms with Crippen molar-refractivity contribution in [2.24, 2.45) is 0 Å². The maximum absolute atomic E-state index is 12.2. The number of sulfonamides is 1. The van der Waals surface area contributed by atoms with Gasteiger partial charge in [0, 0.05) is 24.8 Å². The van der Waals surface area contributed by atoms with Crippen molar-refractivity contribution < 1.29 is 18.1 Å². The van der Waals surface area contributed by atoms with Crippen LogP contribution in [0.2, 0.25) is 0 Å². The molecule has 0 aliphatic heterocycles. The summed E-state index contributed by atoms with van der Waals surface area (Å²) in [6, 6.07) is 13.5. The Morgan fingerprint density at radius 2 is 1.88 bits per heavy atom. The molecule has 7 nitrogen and oxygen atoms in total. The monoisotopic (exact) mass is 364 g/mol. The number of rotatable bonds is 9. The lowest BCUT2D eigenvalue weighted by atomic mass is 10.2. The largest absolute Gasteiger partial charge is 0.377 e. The molecule has 2 aromatic rings. The van der Waals surface area contributed by atoms with Crippen molar-refractivity contribution in [3.8, 4) is 0 Å². The third-order valence-corrected chi connectivity index (χ3v) is 5.02. The van der Waals surface area contributed by atoms with E-state index in [1.807, 2.05) is 30.3 Å². The minimum atomic E-state index is -3.78. The molecule has 8 heteroatoms. The van der Waals surface area contributed by atoms with Crippen LogP contribution in [0.3, 0.4) is 0 Å². The Labute approximate surface area is 146 Å². The van der Waals surface area contributed by atoms with Crippen molar-refractivity contribution in [2.45, 2.75) is 24.8 Å². The van der Waals surface area contributed by atoms with E-state index in [2.05, 4.69) is 4.72 Å². The molecule has 25 heavy (non-hydrogen) atoms. The Morgan fingerprint density at radius 3 is 2.56 bits per heavy atom. The summed E-state index contributed by atoms with van der Waals surface area (Å²) in [5.41, 5.74) is 1.25. The number of aryl methyl sites for hydroxylation is 1. The van der Waals surface area contributed by atoms with E-state index in [0.717, 1.165) is 11.6 Å². The fourth-order valence-corrected chi connectivity index (χ4v) is 3.28. The predicted molar refractivity (Wildman–Crippen MR) is 93.7 cm³/mol. The van der Waals surface area contributed by atoms with Crippen molar-refractivity contribution in [3.05, 3.63) is 69.8 Å². The molecule has 0 spiro atoms. The minimum Gasteiger partial charge on any atom is -0.377 e. The molecule has 0 fully saturated rings.